The van der Waals surface area contributed by atoms with Crippen LogP contribution >= 0.6 is 0 Å². The first-order valence-electron chi connectivity index (χ1n) is 9.21. The van der Waals surface area contributed by atoms with E-state index >= 15 is 0 Å². The second kappa shape index (κ2) is 8.28. The average molecular weight is 387 g/mol. The Hall–Kier alpha value is -2.10. The smallest absolute Gasteiger partial charge is 0.380 e. The Balaban J connectivity index is 1.48. The number of rotatable bonds is 4. The molecule has 3 N–H and O–H groups in total. The van der Waals surface area contributed by atoms with E-state index < -0.39 is 12.1 Å². The molecule has 0 bridgehead atoms. The molecule has 1 aromatic rings. The van der Waals surface area contributed by atoms with Gasteiger partial charge in [-0.2, -0.15) is 13.2 Å². The zero-order valence-corrected chi connectivity index (χ0v) is 14.9. The Kier molecular flexibility index (Phi) is 6.03. The van der Waals surface area contributed by atoms with Gasteiger partial charge in [0.2, 0.25) is 11.9 Å². The highest BCUT2D eigenvalue weighted by atomic mass is 19.4. The molecule has 1 amide bonds. The van der Waals surface area contributed by atoms with Crippen LogP contribution in [0.1, 0.15) is 38.5 Å². The summed E-state index contributed by atoms with van der Waals surface area (Å²) in [5.74, 6) is -1.29. The van der Waals surface area contributed by atoms with Gasteiger partial charge in [0.15, 0.2) is 0 Å². The number of alkyl halides is 3. The molecule has 10 heteroatoms. The molecule has 1 saturated carbocycles. The summed E-state index contributed by atoms with van der Waals surface area (Å²) in [4.78, 5) is 21.8. The standard InChI is InChI=1S/C17H24F3N5O2/c18-17(19,20)12-5-7-25(8-6-12)16-21-9-14(10-22-16)23-13-3-1-11(2-4-13)15(26)24-27/h9-13,23,27H,1-8H2,(H,24,26). The third-order valence-corrected chi connectivity index (χ3v) is 5.46. The summed E-state index contributed by atoms with van der Waals surface area (Å²) in [6, 6.07) is 0.199. The highest BCUT2D eigenvalue weighted by molar-refractivity contribution is 5.77. The lowest BCUT2D eigenvalue weighted by Gasteiger charge is -2.33. The van der Waals surface area contributed by atoms with Crippen LogP contribution in [0.15, 0.2) is 12.4 Å². The van der Waals surface area contributed by atoms with Gasteiger partial charge in [0.05, 0.1) is 24.0 Å². The monoisotopic (exact) mass is 387 g/mol. The van der Waals surface area contributed by atoms with E-state index in [0.717, 1.165) is 18.5 Å². The van der Waals surface area contributed by atoms with Crippen molar-refractivity contribution in [3.63, 3.8) is 0 Å². The summed E-state index contributed by atoms with van der Waals surface area (Å²) >= 11 is 0. The number of anilines is 2. The summed E-state index contributed by atoms with van der Waals surface area (Å²) < 4.78 is 38.2. The van der Waals surface area contributed by atoms with E-state index in [1.807, 2.05) is 0 Å². The van der Waals surface area contributed by atoms with Gasteiger partial charge in [-0.25, -0.2) is 15.4 Å². The van der Waals surface area contributed by atoms with Gasteiger partial charge in [-0.05, 0) is 38.5 Å². The highest BCUT2D eigenvalue weighted by Gasteiger charge is 2.41. The molecule has 27 heavy (non-hydrogen) atoms. The summed E-state index contributed by atoms with van der Waals surface area (Å²) in [6.07, 6.45) is 2.27. The van der Waals surface area contributed by atoms with E-state index in [4.69, 9.17) is 5.21 Å². The van der Waals surface area contributed by atoms with Crippen LogP contribution in [0.4, 0.5) is 24.8 Å². The molecule has 0 aromatic carbocycles. The SMILES string of the molecule is O=C(NO)C1CCC(Nc2cnc(N3CCC(C(F)(F)F)CC3)nc2)CC1. The minimum Gasteiger partial charge on any atom is -0.380 e. The van der Waals surface area contributed by atoms with Crippen molar-refractivity contribution in [2.45, 2.75) is 50.7 Å². The Morgan fingerprint density at radius 3 is 2.19 bits per heavy atom. The summed E-state index contributed by atoms with van der Waals surface area (Å²) in [5.41, 5.74) is 2.45. The fraction of sp³-hybridized carbons (Fsp3) is 0.706. The number of nitrogens with zero attached hydrogens (tertiary/aromatic N) is 3. The summed E-state index contributed by atoms with van der Waals surface area (Å²) in [6.45, 7) is 0.599. The molecular formula is C17H24F3N5O2. The van der Waals surface area contributed by atoms with Crippen LogP contribution in [0.25, 0.3) is 0 Å². The molecule has 0 radical (unpaired) electrons. The Morgan fingerprint density at radius 1 is 1.07 bits per heavy atom. The first-order valence-corrected chi connectivity index (χ1v) is 9.21. The van der Waals surface area contributed by atoms with Gasteiger partial charge in [-0.3, -0.25) is 10.0 Å². The fourth-order valence-electron chi connectivity index (χ4n) is 3.79. The number of hydroxylamine groups is 1. The van der Waals surface area contributed by atoms with Crippen molar-refractivity contribution in [1.29, 1.82) is 0 Å². The lowest BCUT2D eigenvalue weighted by molar-refractivity contribution is -0.179. The quantitative estimate of drug-likeness (QED) is 0.544. The van der Waals surface area contributed by atoms with Crippen LogP contribution in [0.2, 0.25) is 0 Å². The second-order valence-corrected chi connectivity index (χ2v) is 7.24. The minimum atomic E-state index is -4.13. The van der Waals surface area contributed by atoms with Gasteiger partial charge in [0.25, 0.3) is 0 Å². The Morgan fingerprint density at radius 2 is 1.67 bits per heavy atom. The lowest BCUT2D eigenvalue weighted by Crippen LogP contribution is -2.39. The Labute approximate surface area is 155 Å². The van der Waals surface area contributed by atoms with Gasteiger partial charge in [-0.15, -0.1) is 0 Å². The number of aromatic nitrogens is 2. The number of hydrogen-bond acceptors (Lipinski definition) is 6. The molecule has 0 atom stereocenters. The maximum Gasteiger partial charge on any atom is 0.391 e. The van der Waals surface area contributed by atoms with Crippen molar-refractivity contribution < 1.29 is 23.2 Å². The van der Waals surface area contributed by atoms with Crippen molar-refractivity contribution in [2.75, 3.05) is 23.3 Å². The molecule has 0 spiro atoms. The summed E-state index contributed by atoms with van der Waals surface area (Å²) in [7, 11) is 0. The van der Waals surface area contributed by atoms with Crippen LogP contribution < -0.4 is 15.7 Å². The molecule has 2 aliphatic rings. The second-order valence-electron chi connectivity index (χ2n) is 7.24. The molecule has 3 rings (SSSR count). The van der Waals surface area contributed by atoms with Crippen LogP contribution in [0.3, 0.4) is 0 Å². The van der Waals surface area contributed by atoms with Crippen LogP contribution in [-0.4, -0.2) is 46.4 Å². The van der Waals surface area contributed by atoms with E-state index in [9.17, 15) is 18.0 Å². The third kappa shape index (κ3) is 5.00. The molecule has 2 heterocycles. The predicted molar refractivity (Wildman–Crippen MR) is 92.3 cm³/mol. The third-order valence-electron chi connectivity index (χ3n) is 5.46. The first kappa shape index (κ1) is 19.7. The van der Waals surface area contributed by atoms with Gasteiger partial charge in [0, 0.05) is 25.0 Å². The topological polar surface area (TPSA) is 90.4 Å². The van der Waals surface area contributed by atoms with Gasteiger partial charge < -0.3 is 10.2 Å². The first-order chi connectivity index (χ1) is 12.9. The zero-order chi connectivity index (χ0) is 19.4. The van der Waals surface area contributed by atoms with Crippen molar-refractivity contribution in [3.05, 3.63) is 12.4 Å². The number of hydrogen-bond donors (Lipinski definition) is 3. The summed E-state index contributed by atoms with van der Waals surface area (Å²) in [5, 5.41) is 12.0. The van der Waals surface area contributed by atoms with Crippen LogP contribution in [0.5, 0.6) is 0 Å². The van der Waals surface area contributed by atoms with E-state index in [2.05, 4.69) is 15.3 Å². The van der Waals surface area contributed by atoms with Crippen LogP contribution in [0, 0.1) is 11.8 Å². The molecule has 1 saturated heterocycles. The maximum atomic E-state index is 12.7. The van der Waals surface area contributed by atoms with Gasteiger partial charge >= 0.3 is 6.18 Å². The number of nitrogens with one attached hydrogen (secondary N) is 2. The van der Waals surface area contributed by atoms with E-state index in [1.165, 1.54) is 0 Å². The number of carbonyl (C=O) groups is 1. The van der Waals surface area contributed by atoms with Crippen molar-refractivity contribution in [2.24, 2.45) is 11.8 Å². The zero-order valence-electron chi connectivity index (χ0n) is 14.9. The molecule has 1 aliphatic carbocycles. The predicted octanol–water partition coefficient (Wildman–Crippen LogP) is 2.73. The maximum absolute atomic E-state index is 12.7. The normalized spacial score (nSPS) is 24.5. The Bertz CT molecular complexity index is 624. The molecule has 1 aliphatic heterocycles. The average Bonchev–Trinajstić information content (AvgIpc) is 2.68. The van der Waals surface area contributed by atoms with E-state index in [0.29, 0.717) is 31.9 Å². The van der Waals surface area contributed by atoms with Crippen molar-refractivity contribution in [1.82, 2.24) is 15.4 Å². The fourth-order valence-corrected chi connectivity index (χ4v) is 3.79. The number of halogens is 3. The lowest BCUT2D eigenvalue weighted by atomic mass is 9.85. The van der Waals surface area contributed by atoms with Crippen molar-refractivity contribution in [3.8, 4) is 0 Å². The molecule has 1 aromatic heterocycles. The van der Waals surface area contributed by atoms with E-state index in [-0.39, 0.29) is 30.7 Å². The molecule has 0 unspecified atom stereocenters. The number of carbonyl (C=O) groups excluding carboxylic acids is 1. The van der Waals surface area contributed by atoms with E-state index in [1.54, 1.807) is 22.8 Å². The molecule has 2 fully saturated rings. The van der Waals surface area contributed by atoms with Crippen LogP contribution in [-0.2, 0) is 4.79 Å². The molecule has 7 nitrogen and oxygen atoms in total. The number of amides is 1. The van der Waals surface area contributed by atoms with Crippen molar-refractivity contribution >= 4 is 17.5 Å². The van der Waals surface area contributed by atoms with Gasteiger partial charge in [-0.1, -0.05) is 0 Å². The van der Waals surface area contributed by atoms with Gasteiger partial charge in [0.1, 0.15) is 0 Å². The largest absolute Gasteiger partial charge is 0.391 e. The highest BCUT2D eigenvalue weighted by Crippen LogP contribution is 2.34. The molecule has 150 valence electrons. The number of piperidine rings is 1. The molecular weight excluding hydrogens is 363 g/mol. The minimum absolute atomic E-state index is 0.0670.